The molecule has 224 valence electrons. The Morgan fingerprint density at radius 2 is 1.83 bits per heavy atom. The Hall–Kier alpha value is -3.87. The van der Waals surface area contributed by atoms with Gasteiger partial charge in [0.05, 0.1) is 5.70 Å². The van der Waals surface area contributed by atoms with Crippen molar-refractivity contribution in [1.29, 1.82) is 0 Å². The molecule has 1 saturated carbocycles. The average molecular weight is 562 g/mol. The lowest BCUT2D eigenvalue weighted by Gasteiger charge is -2.30. The molecular weight excluding hydrogens is 510 g/mol. The van der Waals surface area contributed by atoms with E-state index in [0.29, 0.717) is 24.1 Å². The molecule has 7 nitrogen and oxygen atoms in total. The third-order valence-corrected chi connectivity index (χ3v) is 7.11. The van der Waals surface area contributed by atoms with Gasteiger partial charge in [-0.05, 0) is 81.3 Å². The van der Waals surface area contributed by atoms with Crippen molar-refractivity contribution in [1.82, 2.24) is 10.6 Å². The number of allylic oxidation sites excluding steroid dienone is 3. The molecule has 0 aliphatic heterocycles. The highest BCUT2D eigenvalue weighted by molar-refractivity contribution is 5.74. The Kier molecular flexibility index (Phi) is 18.0. The number of oxime groups is 1. The zero-order valence-electron chi connectivity index (χ0n) is 25.8. The number of aldehydes is 1. The number of carbonyl (C=O) groups excluding carboxylic acids is 1. The summed E-state index contributed by atoms with van der Waals surface area (Å²) in [4.78, 5) is 20.0. The summed E-state index contributed by atoms with van der Waals surface area (Å²) >= 11 is 0. The second kappa shape index (κ2) is 21.0. The van der Waals surface area contributed by atoms with E-state index < -0.39 is 0 Å². The van der Waals surface area contributed by atoms with Gasteiger partial charge >= 0.3 is 0 Å². The predicted molar refractivity (Wildman–Crippen MR) is 175 cm³/mol. The fourth-order valence-corrected chi connectivity index (χ4v) is 4.70. The molecule has 2 unspecified atom stereocenters. The minimum absolute atomic E-state index is 0.417. The van der Waals surface area contributed by atoms with Gasteiger partial charge in [-0.3, -0.25) is 4.79 Å². The van der Waals surface area contributed by atoms with Crippen molar-refractivity contribution < 1.29 is 9.63 Å². The molecule has 1 aliphatic carbocycles. The zero-order valence-corrected chi connectivity index (χ0v) is 25.8. The fraction of sp³-hybridized carbons (Fsp3) is 0.441. The molecule has 0 bridgehead atoms. The monoisotopic (exact) mass is 561 g/mol. The number of para-hydroxylation sites is 1. The Morgan fingerprint density at radius 3 is 2.39 bits per heavy atom. The number of rotatable bonds is 13. The Balaban J connectivity index is 0.000000333. The van der Waals surface area contributed by atoms with Gasteiger partial charge in [-0.1, -0.05) is 68.3 Å². The van der Waals surface area contributed by atoms with Crippen LogP contribution in [0.2, 0.25) is 0 Å². The lowest BCUT2D eigenvalue weighted by molar-refractivity contribution is -0.105. The molecule has 3 N–H and O–H groups in total. The summed E-state index contributed by atoms with van der Waals surface area (Å²) in [5.41, 5.74) is 7.32. The third-order valence-electron chi connectivity index (χ3n) is 7.11. The molecule has 1 fully saturated rings. The lowest BCUT2D eigenvalue weighted by Crippen LogP contribution is -2.27. The van der Waals surface area contributed by atoms with Crippen molar-refractivity contribution in [3.8, 4) is 0 Å². The van der Waals surface area contributed by atoms with Crippen molar-refractivity contribution in [2.45, 2.75) is 65.9 Å². The molecule has 3 rings (SSSR count). The SMILES string of the molecule is C=NCC1CCCC(C(=C)N/C(C=O)=C(\C)NC)C1.C=NOCc1cc(C)ccc1CCC.CNc1ccccc1. The van der Waals surface area contributed by atoms with E-state index in [1.165, 1.54) is 29.5 Å². The number of nitrogens with zero attached hydrogens (tertiary/aromatic N) is 2. The van der Waals surface area contributed by atoms with E-state index in [1.807, 2.05) is 44.3 Å². The van der Waals surface area contributed by atoms with Crippen LogP contribution >= 0.6 is 0 Å². The highest BCUT2D eigenvalue weighted by Crippen LogP contribution is 2.32. The van der Waals surface area contributed by atoms with Gasteiger partial charge in [-0.2, -0.15) is 0 Å². The number of nitrogens with one attached hydrogen (secondary N) is 3. The van der Waals surface area contributed by atoms with E-state index >= 15 is 0 Å². The quantitative estimate of drug-likeness (QED) is 0.106. The van der Waals surface area contributed by atoms with Crippen molar-refractivity contribution in [3.63, 3.8) is 0 Å². The summed E-state index contributed by atoms with van der Waals surface area (Å²) in [7, 11) is 3.71. The van der Waals surface area contributed by atoms with Gasteiger partial charge in [-0.15, -0.1) is 5.16 Å². The van der Waals surface area contributed by atoms with Gasteiger partial charge in [0.1, 0.15) is 6.61 Å². The van der Waals surface area contributed by atoms with E-state index in [4.69, 9.17) is 4.84 Å². The number of benzene rings is 2. The van der Waals surface area contributed by atoms with Crippen LogP contribution in [-0.2, 0) is 22.7 Å². The predicted octanol–water partition coefficient (Wildman–Crippen LogP) is 7.05. The molecule has 0 amide bonds. The largest absolute Gasteiger partial charge is 0.391 e. The summed E-state index contributed by atoms with van der Waals surface area (Å²) in [6, 6.07) is 16.5. The van der Waals surface area contributed by atoms with E-state index in [0.717, 1.165) is 55.6 Å². The van der Waals surface area contributed by atoms with Crippen LogP contribution in [-0.4, -0.2) is 40.4 Å². The number of carbonyl (C=O) groups is 1. The van der Waals surface area contributed by atoms with Gasteiger partial charge in [-0.25, -0.2) is 0 Å². The van der Waals surface area contributed by atoms with E-state index in [2.05, 4.69) is 78.2 Å². The molecule has 2 aromatic rings. The molecule has 7 heteroatoms. The number of aliphatic imine (C=N–C) groups is 1. The van der Waals surface area contributed by atoms with Gasteiger partial charge < -0.3 is 25.8 Å². The minimum Gasteiger partial charge on any atom is -0.391 e. The van der Waals surface area contributed by atoms with E-state index in [1.54, 1.807) is 7.05 Å². The maximum atomic E-state index is 11.1. The lowest BCUT2D eigenvalue weighted by atomic mass is 9.80. The normalized spacial score (nSPS) is 16.2. The zero-order chi connectivity index (χ0) is 30.5. The first-order valence-electron chi connectivity index (χ1n) is 14.4. The van der Waals surface area contributed by atoms with Crippen LogP contribution in [0.4, 0.5) is 5.69 Å². The highest BCUT2D eigenvalue weighted by Gasteiger charge is 2.24. The van der Waals surface area contributed by atoms with Crippen molar-refractivity contribution in [2.75, 3.05) is 26.0 Å². The molecule has 41 heavy (non-hydrogen) atoms. The van der Waals surface area contributed by atoms with Gasteiger partial charge in [0.2, 0.25) is 0 Å². The number of hydrogen-bond donors (Lipinski definition) is 3. The topological polar surface area (TPSA) is 87.1 Å². The molecule has 0 aromatic heterocycles. The van der Waals surface area contributed by atoms with Crippen LogP contribution in [0, 0.1) is 18.8 Å². The Bertz CT molecular complexity index is 1100. The molecule has 2 aromatic carbocycles. The van der Waals surface area contributed by atoms with E-state index in [-0.39, 0.29) is 0 Å². The minimum atomic E-state index is 0.417. The summed E-state index contributed by atoms with van der Waals surface area (Å²) < 4.78 is 0. The molecule has 0 saturated heterocycles. The number of hydrogen-bond acceptors (Lipinski definition) is 7. The van der Waals surface area contributed by atoms with Crippen LogP contribution in [0.5, 0.6) is 0 Å². The summed E-state index contributed by atoms with van der Waals surface area (Å²) in [6.45, 7) is 18.5. The second-order valence-corrected chi connectivity index (χ2v) is 10.2. The molecule has 0 radical (unpaired) electrons. The van der Waals surface area contributed by atoms with Gasteiger partial charge in [0.25, 0.3) is 0 Å². The van der Waals surface area contributed by atoms with Crippen LogP contribution in [0.15, 0.2) is 82.3 Å². The number of aryl methyl sites for hydroxylation is 2. The van der Waals surface area contributed by atoms with Crippen molar-refractivity contribution in [3.05, 3.63) is 88.9 Å². The summed E-state index contributed by atoms with van der Waals surface area (Å²) in [5.74, 6) is 1.02. The summed E-state index contributed by atoms with van der Waals surface area (Å²) in [5, 5.41) is 12.6. The molecule has 2 atom stereocenters. The van der Waals surface area contributed by atoms with Gasteiger partial charge in [0.15, 0.2) is 6.29 Å². The van der Waals surface area contributed by atoms with Crippen LogP contribution < -0.4 is 16.0 Å². The number of anilines is 1. The molecule has 0 heterocycles. The van der Waals surface area contributed by atoms with Crippen molar-refractivity contribution >= 4 is 25.4 Å². The molecular formula is C34H51N5O2. The van der Waals surface area contributed by atoms with Crippen LogP contribution in [0.3, 0.4) is 0 Å². The maximum absolute atomic E-state index is 11.1. The van der Waals surface area contributed by atoms with Crippen molar-refractivity contribution in [2.24, 2.45) is 22.0 Å². The Labute approximate surface area is 248 Å². The standard InChI is InChI=1S/C15H25N3O.C12H17NO.C7H9N/c1-11(18-15(10-19)12(2)17-4)14-7-5-6-13(8-14)9-16-3;1-4-5-11-7-6-10(2)8-12(11)9-14-13-3;1-8-7-5-3-2-4-6-7/h10,13-14,17-18H,1,3,5-9H2,2,4H3;6-8H,3-5,9H2,1-2H3;2-6,8H,1H3/b15-12+;;. The van der Waals surface area contributed by atoms with Crippen LogP contribution in [0.1, 0.15) is 62.6 Å². The average Bonchev–Trinajstić information content (AvgIpc) is 3.01. The first-order chi connectivity index (χ1) is 19.8. The molecule has 1 aliphatic rings. The van der Waals surface area contributed by atoms with E-state index in [9.17, 15) is 4.79 Å². The van der Waals surface area contributed by atoms with Crippen LogP contribution in [0.25, 0.3) is 0 Å². The Morgan fingerprint density at radius 1 is 1.10 bits per heavy atom. The molecule has 0 spiro atoms. The maximum Gasteiger partial charge on any atom is 0.168 e. The smallest absolute Gasteiger partial charge is 0.168 e. The second-order valence-electron chi connectivity index (χ2n) is 10.2. The highest BCUT2D eigenvalue weighted by atomic mass is 16.6. The first kappa shape index (κ1) is 35.2. The fourth-order valence-electron chi connectivity index (χ4n) is 4.70. The first-order valence-corrected chi connectivity index (χ1v) is 14.4. The third kappa shape index (κ3) is 13.8. The van der Waals surface area contributed by atoms with Gasteiger partial charge in [0, 0.05) is 44.4 Å². The summed E-state index contributed by atoms with van der Waals surface area (Å²) in [6.07, 6.45) is 7.70.